The molecule has 0 spiro atoms. The van der Waals surface area contributed by atoms with Gasteiger partial charge in [0.05, 0.1) is 16.2 Å². The predicted molar refractivity (Wildman–Crippen MR) is 81.6 cm³/mol. The Morgan fingerprint density at radius 3 is 1.86 bits per heavy atom. The van der Waals surface area contributed by atoms with Gasteiger partial charge in [0.25, 0.3) is 0 Å². The Morgan fingerprint density at radius 1 is 0.857 bits per heavy atom. The van der Waals surface area contributed by atoms with Crippen molar-refractivity contribution in [1.82, 2.24) is 0 Å². The summed E-state index contributed by atoms with van der Waals surface area (Å²) in [6.45, 7) is 4.05. The van der Waals surface area contributed by atoms with E-state index in [0.29, 0.717) is 12.8 Å². The molecule has 0 amide bonds. The first-order valence-electron chi connectivity index (χ1n) is 8.04. The van der Waals surface area contributed by atoms with E-state index < -0.39 is 15.4 Å². The van der Waals surface area contributed by atoms with Gasteiger partial charge in [-0.2, -0.15) is 0 Å². The Hall–Kier alpha value is 1.51. The van der Waals surface area contributed by atoms with Crippen molar-refractivity contribution in [1.29, 1.82) is 0 Å². The summed E-state index contributed by atoms with van der Waals surface area (Å²) in [7, 11) is -4.14. The van der Waals surface area contributed by atoms with Crippen LogP contribution in [0.15, 0.2) is 0 Å². The van der Waals surface area contributed by atoms with E-state index in [0.717, 1.165) is 57.8 Å². The molecule has 0 aliphatic heterocycles. The molecule has 0 aliphatic carbocycles. The van der Waals surface area contributed by atoms with E-state index in [1.54, 1.807) is 0 Å². The van der Waals surface area contributed by atoms with Crippen LogP contribution in [0.2, 0.25) is 0 Å². The zero-order valence-electron chi connectivity index (χ0n) is 14.0. The molecular formula is C15H31KO4S. The number of hydrogen-bond acceptors (Lipinski definition) is 4. The molecule has 122 valence electrons. The van der Waals surface area contributed by atoms with Crippen LogP contribution in [-0.2, 0) is 10.1 Å². The standard InChI is InChI=1S/C15H32O4S.K/c1-3-5-12-15(20(17,18)19)13-9-7-6-8-11-14(16)10-4-2;/h14-16H,3-13H2,1-2H3,(H,17,18,19);/q;+1/p-1. The van der Waals surface area contributed by atoms with E-state index in [1.807, 2.05) is 6.92 Å². The SMILES string of the molecule is CCCCC(CCCCCCC(O)CCC)S(=O)(=O)[O-].[K+]. The Labute approximate surface area is 173 Å². The van der Waals surface area contributed by atoms with E-state index in [2.05, 4.69) is 6.92 Å². The van der Waals surface area contributed by atoms with Crippen LogP contribution in [0.5, 0.6) is 0 Å². The van der Waals surface area contributed by atoms with Gasteiger partial charge in [-0.15, -0.1) is 0 Å². The second kappa shape index (κ2) is 15.1. The van der Waals surface area contributed by atoms with E-state index in [4.69, 9.17) is 0 Å². The molecule has 1 N–H and O–H groups in total. The van der Waals surface area contributed by atoms with Crippen LogP contribution in [0, 0.1) is 0 Å². The van der Waals surface area contributed by atoms with Gasteiger partial charge in [0, 0.05) is 5.25 Å². The van der Waals surface area contributed by atoms with Crippen LogP contribution in [-0.4, -0.2) is 29.4 Å². The van der Waals surface area contributed by atoms with Crippen LogP contribution < -0.4 is 51.4 Å². The van der Waals surface area contributed by atoms with Crippen LogP contribution in [0.3, 0.4) is 0 Å². The summed E-state index contributed by atoms with van der Waals surface area (Å²) in [6, 6.07) is 0. The summed E-state index contributed by atoms with van der Waals surface area (Å²) in [5, 5.41) is 8.88. The molecule has 0 heterocycles. The number of unbranched alkanes of at least 4 members (excludes halogenated alkanes) is 4. The quantitative estimate of drug-likeness (QED) is 0.301. The second-order valence-electron chi connectivity index (χ2n) is 5.69. The van der Waals surface area contributed by atoms with E-state index in [1.165, 1.54) is 0 Å². The monoisotopic (exact) mass is 346 g/mol. The predicted octanol–water partition coefficient (Wildman–Crippen LogP) is 0.596. The molecule has 0 saturated carbocycles. The van der Waals surface area contributed by atoms with Gasteiger partial charge in [0.1, 0.15) is 0 Å². The normalized spacial score (nSPS) is 14.5. The topological polar surface area (TPSA) is 77.4 Å². The molecule has 0 aliphatic rings. The van der Waals surface area contributed by atoms with E-state index >= 15 is 0 Å². The van der Waals surface area contributed by atoms with Crippen molar-refractivity contribution in [3.05, 3.63) is 0 Å². The van der Waals surface area contributed by atoms with Gasteiger partial charge in [-0.3, -0.25) is 0 Å². The Bertz CT molecular complexity index is 320. The van der Waals surface area contributed by atoms with Gasteiger partial charge in [-0.1, -0.05) is 58.8 Å². The van der Waals surface area contributed by atoms with Crippen LogP contribution in [0.4, 0.5) is 0 Å². The number of aliphatic hydroxyl groups excluding tert-OH is 1. The molecular weight excluding hydrogens is 315 g/mol. The molecule has 0 saturated heterocycles. The Kier molecular flexibility index (Phi) is 17.8. The maximum atomic E-state index is 11.1. The van der Waals surface area contributed by atoms with Gasteiger partial charge in [0.15, 0.2) is 0 Å². The minimum absolute atomic E-state index is 0. The van der Waals surface area contributed by atoms with Gasteiger partial charge in [-0.05, 0) is 25.7 Å². The first-order valence-corrected chi connectivity index (χ1v) is 9.51. The molecule has 2 unspecified atom stereocenters. The second-order valence-corrected chi connectivity index (χ2v) is 7.34. The molecule has 21 heavy (non-hydrogen) atoms. The number of hydrogen-bond donors (Lipinski definition) is 1. The van der Waals surface area contributed by atoms with Gasteiger partial charge in [0.2, 0.25) is 0 Å². The van der Waals surface area contributed by atoms with Crippen molar-refractivity contribution in [2.75, 3.05) is 0 Å². The largest absolute Gasteiger partial charge is 1.00 e. The van der Waals surface area contributed by atoms with Crippen molar-refractivity contribution < 1.29 is 69.5 Å². The van der Waals surface area contributed by atoms with Crippen molar-refractivity contribution in [3.8, 4) is 0 Å². The Morgan fingerprint density at radius 2 is 1.38 bits per heavy atom. The first-order chi connectivity index (χ1) is 9.41. The average molecular weight is 347 g/mol. The molecule has 0 rings (SSSR count). The number of rotatable bonds is 13. The summed E-state index contributed by atoms with van der Waals surface area (Å²) < 4.78 is 33.4. The molecule has 0 radical (unpaired) electrons. The third-order valence-electron chi connectivity index (χ3n) is 3.72. The molecule has 0 aromatic heterocycles. The van der Waals surface area contributed by atoms with E-state index in [-0.39, 0.29) is 57.5 Å². The fourth-order valence-corrected chi connectivity index (χ4v) is 3.36. The maximum Gasteiger partial charge on any atom is 1.00 e. The smallest absolute Gasteiger partial charge is 0.748 e. The van der Waals surface area contributed by atoms with Crippen molar-refractivity contribution >= 4 is 10.1 Å². The fourth-order valence-electron chi connectivity index (χ4n) is 2.45. The fraction of sp³-hybridized carbons (Fsp3) is 1.00. The first kappa shape index (κ1) is 24.8. The summed E-state index contributed by atoms with van der Waals surface area (Å²) in [4.78, 5) is 0. The van der Waals surface area contributed by atoms with Crippen LogP contribution >= 0.6 is 0 Å². The van der Waals surface area contributed by atoms with Crippen molar-refractivity contribution in [2.24, 2.45) is 0 Å². The van der Waals surface area contributed by atoms with Crippen molar-refractivity contribution in [3.63, 3.8) is 0 Å². The third kappa shape index (κ3) is 14.8. The Balaban J connectivity index is 0. The summed E-state index contributed by atoms with van der Waals surface area (Å²) >= 11 is 0. The summed E-state index contributed by atoms with van der Waals surface area (Å²) in [5.74, 6) is 0. The average Bonchev–Trinajstić information content (AvgIpc) is 2.35. The zero-order chi connectivity index (χ0) is 15.4. The molecule has 0 fully saturated rings. The van der Waals surface area contributed by atoms with Crippen LogP contribution in [0.1, 0.15) is 84.5 Å². The van der Waals surface area contributed by atoms with Gasteiger partial charge in [-0.25, -0.2) is 8.42 Å². The molecule has 0 aromatic carbocycles. The van der Waals surface area contributed by atoms with Gasteiger partial charge >= 0.3 is 51.4 Å². The molecule has 6 heteroatoms. The summed E-state index contributed by atoms with van der Waals surface area (Å²) in [5.41, 5.74) is 0. The minimum atomic E-state index is -4.14. The summed E-state index contributed by atoms with van der Waals surface area (Å²) in [6.07, 6.45) is 8.90. The molecule has 2 atom stereocenters. The van der Waals surface area contributed by atoms with E-state index in [9.17, 15) is 18.1 Å². The molecule has 0 bridgehead atoms. The van der Waals surface area contributed by atoms with Crippen LogP contribution in [0.25, 0.3) is 0 Å². The zero-order valence-corrected chi connectivity index (χ0v) is 18.0. The van der Waals surface area contributed by atoms with Crippen molar-refractivity contribution in [2.45, 2.75) is 95.8 Å². The molecule has 0 aromatic rings. The molecule has 4 nitrogen and oxygen atoms in total. The minimum Gasteiger partial charge on any atom is -0.748 e. The maximum absolute atomic E-state index is 11.1. The number of aliphatic hydroxyl groups is 1. The third-order valence-corrected chi connectivity index (χ3v) is 5.01. The van der Waals surface area contributed by atoms with Gasteiger partial charge < -0.3 is 9.66 Å².